The molecule has 0 bridgehead atoms. The lowest BCUT2D eigenvalue weighted by molar-refractivity contribution is 0.258. The molecule has 0 amide bonds. The number of aryl methyl sites for hydroxylation is 2. The summed E-state index contributed by atoms with van der Waals surface area (Å²) in [5.41, 5.74) is 1.89. The SMILES string of the molecule is Cc1cccc(CS(=O)(=O)N2CCNCC2c2nccn2C)c1. The maximum absolute atomic E-state index is 12.9. The standard InChI is InChI=1S/C16H22N4O2S/c1-13-4-3-5-14(10-13)12-23(21,22)20-9-6-17-11-15(20)16-18-7-8-19(16)2/h3-5,7-8,10,15,17H,6,9,11-12H2,1-2H3. The van der Waals surface area contributed by atoms with Crippen molar-refractivity contribution in [1.29, 1.82) is 0 Å². The largest absolute Gasteiger partial charge is 0.337 e. The zero-order valence-corrected chi connectivity index (χ0v) is 14.3. The summed E-state index contributed by atoms with van der Waals surface area (Å²) in [5.74, 6) is 0.792. The Morgan fingerprint density at radius 2 is 2.22 bits per heavy atom. The van der Waals surface area contributed by atoms with E-state index in [1.807, 2.05) is 49.0 Å². The summed E-state index contributed by atoms with van der Waals surface area (Å²) in [6.07, 6.45) is 3.55. The van der Waals surface area contributed by atoms with Gasteiger partial charge in [0, 0.05) is 39.1 Å². The fourth-order valence-electron chi connectivity index (χ4n) is 3.03. The lowest BCUT2D eigenvalue weighted by Gasteiger charge is -2.34. The zero-order chi connectivity index (χ0) is 16.4. The van der Waals surface area contributed by atoms with Gasteiger partial charge < -0.3 is 9.88 Å². The third-order valence-corrected chi connectivity index (χ3v) is 5.99. The van der Waals surface area contributed by atoms with Gasteiger partial charge in [-0.2, -0.15) is 4.31 Å². The van der Waals surface area contributed by atoms with E-state index in [0.29, 0.717) is 19.6 Å². The highest BCUT2D eigenvalue weighted by molar-refractivity contribution is 7.88. The first kappa shape index (κ1) is 16.2. The van der Waals surface area contributed by atoms with Gasteiger partial charge in [0.25, 0.3) is 0 Å². The average Bonchev–Trinajstić information content (AvgIpc) is 2.93. The van der Waals surface area contributed by atoms with Gasteiger partial charge in [-0.05, 0) is 12.5 Å². The maximum Gasteiger partial charge on any atom is 0.219 e. The van der Waals surface area contributed by atoms with Crippen LogP contribution in [0.15, 0.2) is 36.7 Å². The number of piperazine rings is 1. The summed E-state index contributed by atoms with van der Waals surface area (Å²) in [5, 5.41) is 3.27. The van der Waals surface area contributed by atoms with E-state index in [1.165, 1.54) is 0 Å². The number of hydrogen-bond acceptors (Lipinski definition) is 4. The normalized spacial score (nSPS) is 19.8. The van der Waals surface area contributed by atoms with Crippen molar-refractivity contribution < 1.29 is 8.42 Å². The fraction of sp³-hybridized carbons (Fsp3) is 0.438. The zero-order valence-electron chi connectivity index (χ0n) is 13.4. The monoisotopic (exact) mass is 334 g/mol. The lowest BCUT2D eigenvalue weighted by atomic mass is 10.2. The number of sulfonamides is 1. The Hall–Kier alpha value is -1.70. The van der Waals surface area contributed by atoms with Crippen molar-refractivity contribution in [3.8, 4) is 0 Å². The molecule has 0 radical (unpaired) electrons. The molecular formula is C16H22N4O2S. The molecule has 1 aromatic carbocycles. The van der Waals surface area contributed by atoms with Gasteiger partial charge >= 0.3 is 0 Å². The molecular weight excluding hydrogens is 312 g/mol. The third kappa shape index (κ3) is 3.46. The summed E-state index contributed by atoms with van der Waals surface area (Å²) in [6, 6.07) is 7.39. The molecule has 7 heteroatoms. The van der Waals surface area contributed by atoms with Crippen molar-refractivity contribution >= 4 is 10.0 Å². The van der Waals surface area contributed by atoms with E-state index in [2.05, 4.69) is 10.3 Å². The Kier molecular flexibility index (Phi) is 4.52. The van der Waals surface area contributed by atoms with Crippen LogP contribution in [0.5, 0.6) is 0 Å². The topological polar surface area (TPSA) is 67.2 Å². The number of imidazole rings is 1. The molecule has 2 aromatic rings. The predicted molar refractivity (Wildman–Crippen MR) is 89.3 cm³/mol. The van der Waals surface area contributed by atoms with Crippen LogP contribution in [0.2, 0.25) is 0 Å². The first-order valence-corrected chi connectivity index (χ1v) is 9.31. The Morgan fingerprint density at radius 1 is 1.39 bits per heavy atom. The van der Waals surface area contributed by atoms with E-state index in [-0.39, 0.29) is 11.8 Å². The second kappa shape index (κ2) is 6.43. The molecule has 0 aliphatic carbocycles. The second-order valence-corrected chi connectivity index (χ2v) is 7.89. The Morgan fingerprint density at radius 3 is 2.91 bits per heavy atom. The van der Waals surface area contributed by atoms with Crippen molar-refractivity contribution in [3.63, 3.8) is 0 Å². The van der Waals surface area contributed by atoms with Crippen molar-refractivity contribution in [1.82, 2.24) is 19.2 Å². The highest BCUT2D eigenvalue weighted by atomic mass is 32.2. The van der Waals surface area contributed by atoms with E-state index in [0.717, 1.165) is 17.0 Å². The van der Waals surface area contributed by atoms with Crippen molar-refractivity contribution in [2.24, 2.45) is 7.05 Å². The summed E-state index contributed by atoms with van der Waals surface area (Å²) >= 11 is 0. The number of aromatic nitrogens is 2. The molecule has 1 unspecified atom stereocenters. The summed E-state index contributed by atoms with van der Waals surface area (Å²) < 4.78 is 29.4. The molecule has 23 heavy (non-hydrogen) atoms. The molecule has 0 spiro atoms. The average molecular weight is 334 g/mol. The van der Waals surface area contributed by atoms with Crippen LogP contribution < -0.4 is 5.32 Å². The number of hydrogen-bond donors (Lipinski definition) is 1. The van der Waals surface area contributed by atoms with E-state index < -0.39 is 10.0 Å². The van der Waals surface area contributed by atoms with E-state index >= 15 is 0 Å². The number of nitrogens with one attached hydrogen (secondary N) is 1. The van der Waals surface area contributed by atoms with Crippen LogP contribution in [0.1, 0.15) is 23.0 Å². The van der Waals surface area contributed by atoms with Crippen LogP contribution in [0.25, 0.3) is 0 Å². The van der Waals surface area contributed by atoms with Gasteiger partial charge in [-0.3, -0.25) is 0 Å². The number of nitrogens with zero attached hydrogens (tertiary/aromatic N) is 3. The summed E-state index contributed by atoms with van der Waals surface area (Å²) in [7, 11) is -1.51. The van der Waals surface area contributed by atoms with Crippen LogP contribution in [0.3, 0.4) is 0 Å². The van der Waals surface area contributed by atoms with Crippen molar-refractivity contribution in [3.05, 3.63) is 53.6 Å². The summed E-state index contributed by atoms with van der Waals surface area (Å²) in [6.45, 7) is 3.68. The van der Waals surface area contributed by atoms with Gasteiger partial charge in [0.15, 0.2) is 0 Å². The second-order valence-electron chi connectivity index (χ2n) is 5.97. The van der Waals surface area contributed by atoms with Crippen LogP contribution in [0, 0.1) is 6.92 Å². The van der Waals surface area contributed by atoms with Crippen LogP contribution in [-0.2, 0) is 22.8 Å². The highest BCUT2D eigenvalue weighted by Crippen LogP contribution is 2.25. The van der Waals surface area contributed by atoms with Gasteiger partial charge in [-0.25, -0.2) is 13.4 Å². The van der Waals surface area contributed by atoms with Gasteiger partial charge in [0.2, 0.25) is 10.0 Å². The third-order valence-electron chi connectivity index (χ3n) is 4.14. The summed E-state index contributed by atoms with van der Waals surface area (Å²) in [4.78, 5) is 4.34. The minimum atomic E-state index is -3.41. The molecule has 6 nitrogen and oxygen atoms in total. The minimum absolute atomic E-state index is 0.0234. The molecule has 1 atom stereocenters. The minimum Gasteiger partial charge on any atom is -0.337 e. The quantitative estimate of drug-likeness (QED) is 0.912. The van der Waals surface area contributed by atoms with Gasteiger partial charge in [-0.15, -0.1) is 0 Å². The molecule has 1 aromatic heterocycles. The molecule has 1 aliphatic rings. The highest BCUT2D eigenvalue weighted by Gasteiger charge is 2.35. The lowest BCUT2D eigenvalue weighted by Crippen LogP contribution is -2.49. The molecule has 1 saturated heterocycles. The van der Waals surface area contributed by atoms with Gasteiger partial charge in [-0.1, -0.05) is 29.8 Å². The Balaban J connectivity index is 1.88. The van der Waals surface area contributed by atoms with Crippen molar-refractivity contribution in [2.75, 3.05) is 19.6 Å². The Labute approximate surface area is 137 Å². The molecule has 3 rings (SSSR count). The van der Waals surface area contributed by atoms with E-state index in [1.54, 1.807) is 10.5 Å². The molecule has 0 saturated carbocycles. The maximum atomic E-state index is 12.9. The van der Waals surface area contributed by atoms with E-state index in [9.17, 15) is 8.42 Å². The number of rotatable bonds is 4. The Bertz CT molecular complexity index is 785. The first-order valence-electron chi connectivity index (χ1n) is 7.70. The first-order chi connectivity index (χ1) is 11.0. The molecule has 1 N–H and O–H groups in total. The number of benzene rings is 1. The molecule has 1 fully saturated rings. The van der Waals surface area contributed by atoms with E-state index in [4.69, 9.17) is 0 Å². The molecule has 2 heterocycles. The van der Waals surface area contributed by atoms with Crippen LogP contribution in [0.4, 0.5) is 0 Å². The van der Waals surface area contributed by atoms with Crippen molar-refractivity contribution in [2.45, 2.75) is 18.7 Å². The van der Waals surface area contributed by atoms with Gasteiger partial charge in [0.1, 0.15) is 5.82 Å². The predicted octanol–water partition coefficient (Wildman–Crippen LogP) is 1.20. The van der Waals surface area contributed by atoms with Gasteiger partial charge in [0.05, 0.1) is 11.8 Å². The molecule has 1 aliphatic heterocycles. The fourth-order valence-corrected chi connectivity index (χ4v) is 4.73. The van der Waals surface area contributed by atoms with Crippen LogP contribution >= 0.6 is 0 Å². The van der Waals surface area contributed by atoms with Crippen LogP contribution in [-0.4, -0.2) is 41.9 Å². The molecule has 124 valence electrons. The smallest absolute Gasteiger partial charge is 0.219 e.